The molecule has 2 aromatic rings. The third-order valence-electron chi connectivity index (χ3n) is 2.36. The van der Waals surface area contributed by atoms with E-state index >= 15 is 0 Å². The van der Waals surface area contributed by atoms with Crippen molar-refractivity contribution in [3.8, 4) is 11.8 Å². The van der Waals surface area contributed by atoms with Crippen LogP contribution >= 0.6 is 0 Å². The van der Waals surface area contributed by atoms with Gasteiger partial charge in [0.15, 0.2) is 0 Å². The van der Waals surface area contributed by atoms with E-state index in [0.29, 0.717) is 17.3 Å². The smallest absolute Gasteiger partial charge is 0.258 e. The Morgan fingerprint density at radius 3 is 2.16 bits per heavy atom. The molecule has 0 aliphatic rings. The van der Waals surface area contributed by atoms with Crippen LogP contribution in [-0.2, 0) is 0 Å². The predicted molar refractivity (Wildman–Crippen MR) is 69.5 cm³/mol. The number of carbonyl (C=O) groups excluding carboxylic acids is 1. The summed E-state index contributed by atoms with van der Waals surface area (Å²) in [5, 5.41) is 2.59. The summed E-state index contributed by atoms with van der Waals surface area (Å²) < 4.78 is 10.0. The number of carbonyl (C=O) groups is 1. The summed E-state index contributed by atoms with van der Waals surface area (Å²) in [6.07, 6.45) is 0. The Kier molecular flexibility index (Phi) is 3.92. The Hall–Kier alpha value is -2.63. The number of methoxy groups -OCH3 is 2. The molecule has 1 amide bonds. The van der Waals surface area contributed by atoms with Gasteiger partial charge in [0.2, 0.25) is 17.7 Å². The lowest BCUT2D eigenvalue weighted by molar-refractivity contribution is 0.102. The molecule has 0 spiro atoms. The molecule has 98 valence electrons. The van der Waals surface area contributed by atoms with Crippen LogP contribution in [0.4, 0.5) is 5.95 Å². The molecule has 1 N–H and O–H groups in total. The summed E-state index contributed by atoms with van der Waals surface area (Å²) in [7, 11) is 2.95. The van der Waals surface area contributed by atoms with Crippen molar-refractivity contribution in [1.29, 1.82) is 0 Å². The first kappa shape index (κ1) is 12.8. The van der Waals surface area contributed by atoms with E-state index in [-0.39, 0.29) is 11.9 Å². The third-order valence-corrected chi connectivity index (χ3v) is 2.36. The minimum Gasteiger partial charge on any atom is -0.481 e. The molecule has 0 saturated carbocycles. The molecular formula is C13H13N3O3. The highest BCUT2D eigenvalue weighted by Crippen LogP contribution is 2.17. The fourth-order valence-electron chi connectivity index (χ4n) is 1.43. The summed E-state index contributed by atoms with van der Waals surface area (Å²) in [4.78, 5) is 20.0. The van der Waals surface area contributed by atoms with E-state index in [4.69, 9.17) is 9.47 Å². The lowest BCUT2D eigenvalue weighted by Gasteiger charge is -2.07. The van der Waals surface area contributed by atoms with Crippen molar-refractivity contribution in [2.45, 2.75) is 0 Å². The van der Waals surface area contributed by atoms with Gasteiger partial charge in [0, 0.05) is 5.56 Å². The summed E-state index contributed by atoms with van der Waals surface area (Å²) in [5.41, 5.74) is 0.521. The maximum Gasteiger partial charge on any atom is 0.258 e. The topological polar surface area (TPSA) is 73.3 Å². The molecule has 0 atom stereocenters. The van der Waals surface area contributed by atoms with Crippen LogP contribution in [0.1, 0.15) is 10.4 Å². The van der Waals surface area contributed by atoms with Crippen molar-refractivity contribution < 1.29 is 14.3 Å². The number of anilines is 1. The normalized spacial score (nSPS) is 9.79. The second-order valence-electron chi connectivity index (χ2n) is 3.60. The van der Waals surface area contributed by atoms with E-state index in [1.165, 1.54) is 20.3 Å². The molecule has 1 aromatic carbocycles. The number of nitrogens with zero attached hydrogens (tertiary/aromatic N) is 2. The SMILES string of the molecule is COc1cc(OC)nc(NC(=O)c2ccccc2)n1. The second-order valence-corrected chi connectivity index (χ2v) is 3.60. The Balaban J connectivity index is 2.21. The highest BCUT2D eigenvalue weighted by atomic mass is 16.5. The molecular weight excluding hydrogens is 246 g/mol. The van der Waals surface area contributed by atoms with Gasteiger partial charge in [0.25, 0.3) is 5.91 Å². The highest BCUT2D eigenvalue weighted by molar-refractivity contribution is 6.03. The lowest BCUT2D eigenvalue weighted by Crippen LogP contribution is -2.14. The fraction of sp³-hybridized carbons (Fsp3) is 0.154. The summed E-state index contributed by atoms with van der Waals surface area (Å²) >= 11 is 0. The summed E-state index contributed by atoms with van der Waals surface area (Å²) in [5.74, 6) is 0.464. The fourth-order valence-corrected chi connectivity index (χ4v) is 1.43. The molecule has 0 bridgehead atoms. The number of hydrogen-bond donors (Lipinski definition) is 1. The first-order valence-corrected chi connectivity index (χ1v) is 5.56. The molecule has 0 fully saturated rings. The van der Waals surface area contributed by atoms with Gasteiger partial charge in [-0.05, 0) is 12.1 Å². The number of rotatable bonds is 4. The molecule has 6 nitrogen and oxygen atoms in total. The van der Waals surface area contributed by atoms with Gasteiger partial charge in [-0.3, -0.25) is 10.1 Å². The first-order chi connectivity index (χ1) is 9.22. The van der Waals surface area contributed by atoms with Gasteiger partial charge >= 0.3 is 0 Å². The van der Waals surface area contributed by atoms with Crippen LogP contribution in [0.25, 0.3) is 0 Å². The van der Waals surface area contributed by atoms with Gasteiger partial charge < -0.3 is 9.47 Å². The van der Waals surface area contributed by atoms with Gasteiger partial charge in [-0.1, -0.05) is 18.2 Å². The van der Waals surface area contributed by atoms with Gasteiger partial charge in [0.05, 0.1) is 20.3 Å². The molecule has 1 heterocycles. The zero-order valence-corrected chi connectivity index (χ0v) is 10.6. The van der Waals surface area contributed by atoms with E-state index in [1.54, 1.807) is 24.3 Å². The Morgan fingerprint density at radius 1 is 1.05 bits per heavy atom. The number of ether oxygens (including phenoxy) is 2. The van der Waals surface area contributed by atoms with Crippen LogP contribution in [0, 0.1) is 0 Å². The van der Waals surface area contributed by atoms with Crippen molar-refractivity contribution in [2.75, 3.05) is 19.5 Å². The molecule has 0 radical (unpaired) electrons. The van der Waals surface area contributed by atoms with Gasteiger partial charge in [-0.2, -0.15) is 9.97 Å². The Morgan fingerprint density at radius 2 is 1.63 bits per heavy atom. The van der Waals surface area contributed by atoms with Crippen molar-refractivity contribution in [1.82, 2.24) is 9.97 Å². The van der Waals surface area contributed by atoms with Crippen molar-refractivity contribution >= 4 is 11.9 Å². The number of amides is 1. The zero-order valence-electron chi connectivity index (χ0n) is 10.6. The molecule has 0 saturated heterocycles. The van der Waals surface area contributed by atoms with E-state index < -0.39 is 0 Å². The molecule has 0 aliphatic heterocycles. The minimum absolute atomic E-state index is 0.130. The number of benzene rings is 1. The highest BCUT2D eigenvalue weighted by Gasteiger charge is 2.10. The second kappa shape index (κ2) is 5.81. The van der Waals surface area contributed by atoms with E-state index in [1.807, 2.05) is 6.07 Å². The van der Waals surface area contributed by atoms with Gasteiger partial charge in [-0.25, -0.2) is 0 Å². The van der Waals surface area contributed by atoms with Gasteiger partial charge in [0.1, 0.15) is 0 Å². The molecule has 0 aliphatic carbocycles. The number of aromatic nitrogens is 2. The number of hydrogen-bond acceptors (Lipinski definition) is 5. The van der Waals surface area contributed by atoms with E-state index in [0.717, 1.165) is 0 Å². The average molecular weight is 259 g/mol. The van der Waals surface area contributed by atoms with Crippen LogP contribution in [0.3, 0.4) is 0 Å². The van der Waals surface area contributed by atoms with Crippen molar-refractivity contribution in [2.24, 2.45) is 0 Å². The maximum atomic E-state index is 11.9. The monoisotopic (exact) mass is 259 g/mol. The van der Waals surface area contributed by atoms with E-state index in [9.17, 15) is 4.79 Å². The minimum atomic E-state index is -0.295. The quantitative estimate of drug-likeness (QED) is 0.905. The van der Waals surface area contributed by atoms with Crippen LogP contribution in [-0.4, -0.2) is 30.1 Å². The molecule has 2 rings (SSSR count). The van der Waals surface area contributed by atoms with Crippen LogP contribution in [0.5, 0.6) is 11.8 Å². The largest absolute Gasteiger partial charge is 0.481 e. The first-order valence-electron chi connectivity index (χ1n) is 5.56. The lowest BCUT2D eigenvalue weighted by atomic mass is 10.2. The summed E-state index contributed by atoms with van der Waals surface area (Å²) in [6, 6.07) is 10.3. The van der Waals surface area contributed by atoms with E-state index in [2.05, 4.69) is 15.3 Å². The van der Waals surface area contributed by atoms with Crippen LogP contribution in [0.2, 0.25) is 0 Å². The summed E-state index contributed by atoms with van der Waals surface area (Å²) in [6.45, 7) is 0. The number of nitrogens with one attached hydrogen (secondary N) is 1. The van der Waals surface area contributed by atoms with Crippen LogP contribution < -0.4 is 14.8 Å². The molecule has 6 heteroatoms. The van der Waals surface area contributed by atoms with Crippen molar-refractivity contribution in [3.05, 3.63) is 42.0 Å². The van der Waals surface area contributed by atoms with Crippen molar-refractivity contribution in [3.63, 3.8) is 0 Å². The maximum absolute atomic E-state index is 11.9. The predicted octanol–water partition coefficient (Wildman–Crippen LogP) is 1.75. The molecule has 0 unspecified atom stereocenters. The standard InChI is InChI=1S/C13H13N3O3/c1-18-10-8-11(19-2)15-13(14-10)16-12(17)9-6-4-3-5-7-9/h3-8H,1-2H3,(H,14,15,16,17). The van der Waals surface area contributed by atoms with Gasteiger partial charge in [-0.15, -0.1) is 0 Å². The Labute approximate surface area is 110 Å². The third kappa shape index (κ3) is 3.19. The molecule has 19 heavy (non-hydrogen) atoms. The Bertz CT molecular complexity index is 550. The average Bonchev–Trinajstić information content (AvgIpc) is 2.47. The zero-order chi connectivity index (χ0) is 13.7. The van der Waals surface area contributed by atoms with Crippen LogP contribution in [0.15, 0.2) is 36.4 Å². The molecule has 1 aromatic heterocycles.